The number of nitrogens with zero attached hydrogens (tertiary/aromatic N) is 3. The van der Waals surface area contributed by atoms with Crippen LogP contribution in [-0.2, 0) is 22.5 Å². The number of carbonyl (C=O) groups excluding carboxylic acids is 2. The van der Waals surface area contributed by atoms with Crippen LogP contribution < -0.4 is 0 Å². The Labute approximate surface area is 208 Å². The lowest BCUT2D eigenvalue weighted by molar-refractivity contribution is -0.132. The second kappa shape index (κ2) is 10.4. The normalized spacial score (nSPS) is 14.3. The summed E-state index contributed by atoms with van der Waals surface area (Å²) in [4.78, 5) is 33.7. The maximum Gasteiger partial charge on any atom is 0.337 e. The summed E-state index contributed by atoms with van der Waals surface area (Å²) < 4.78 is 5.92. The van der Waals surface area contributed by atoms with Gasteiger partial charge in [-0.3, -0.25) is 9.69 Å². The summed E-state index contributed by atoms with van der Waals surface area (Å²) in [6, 6.07) is 24.1. The predicted molar refractivity (Wildman–Crippen MR) is 138 cm³/mol. The lowest BCUT2D eigenvalue weighted by Crippen LogP contribution is -2.48. The summed E-state index contributed by atoms with van der Waals surface area (Å²) in [6.07, 6.45) is 0.335. The van der Waals surface area contributed by atoms with E-state index in [4.69, 9.17) is 9.72 Å². The van der Waals surface area contributed by atoms with Crippen molar-refractivity contribution in [2.45, 2.75) is 13.0 Å². The largest absolute Gasteiger partial charge is 0.465 e. The van der Waals surface area contributed by atoms with Crippen LogP contribution in [-0.4, -0.2) is 59.9 Å². The molecule has 0 N–H and O–H groups in total. The lowest BCUT2D eigenvalue weighted by atomic mass is 10.1. The number of hydrogen-bond acceptors (Lipinski definition) is 6. The molecule has 2 heterocycles. The number of hydrogen-bond donors (Lipinski definition) is 0. The molecule has 4 aromatic rings. The standard InChI is InChI=1S/C28H27N3O3S/c1-34-28(33)23-9-5-6-20(16-23)19-30-12-14-31(15-13-30)27(32)18-26-29-24-11-10-22(17-25(24)35-26)21-7-3-2-4-8-21/h2-11,16-17H,12-15,18-19H2,1H3. The molecule has 0 saturated carbocycles. The van der Waals surface area contributed by atoms with Gasteiger partial charge in [-0.2, -0.15) is 0 Å². The minimum Gasteiger partial charge on any atom is -0.465 e. The van der Waals surface area contributed by atoms with Gasteiger partial charge in [0.05, 0.1) is 29.3 Å². The number of carbonyl (C=O) groups is 2. The van der Waals surface area contributed by atoms with Crippen LogP contribution in [0.4, 0.5) is 0 Å². The first-order valence-corrected chi connectivity index (χ1v) is 12.5. The maximum atomic E-state index is 13.0. The molecule has 0 aliphatic carbocycles. The molecule has 35 heavy (non-hydrogen) atoms. The number of piperazine rings is 1. The molecule has 0 spiro atoms. The minimum atomic E-state index is -0.326. The lowest BCUT2D eigenvalue weighted by Gasteiger charge is -2.34. The molecular weight excluding hydrogens is 458 g/mol. The van der Waals surface area contributed by atoms with Crippen molar-refractivity contribution in [1.82, 2.24) is 14.8 Å². The first-order valence-electron chi connectivity index (χ1n) is 11.7. The van der Waals surface area contributed by atoms with Crippen LogP contribution in [0.1, 0.15) is 20.9 Å². The molecule has 1 fully saturated rings. The zero-order chi connectivity index (χ0) is 24.2. The van der Waals surface area contributed by atoms with E-state index in [9.17, 15) is 9.59 Å². The Morgan fingerprint density at radius 3 is 2.49 bits per heavy atom. The highest BCUT2D eigenvalue weighted by Crippen LogP contribution is 2.28. The number of rotatable bonds is 6. The summed E-state index contributed by atoms with van der Waals surface area (Å²) in [6.45, 7) is 3.73. The Kier molecular flexibility index (Phi) is 6.88. The molecular formula is C28H27N3O3S. The molecule has 1 aliphatic heterocycles. The van der Waals surface area contributed by atoms with Gasteiger partial charge >= 0.3 is 5.97 Å². The molecule has 3 aromatic carbocycles. The number of methoxy groups -OCH3 is 1. The van der Waals surface area contributed by atoms with Crippen molar-refractivity contribution < 1.29 is 14.3 Å². The third kappa shape index (κ3) is 5.42. The molecule has 1 aliphatic rings. The van der Waals surface area contributed by atoms with Crippen molar-refractivity contribution in [2.75, 3.05) is 33.3 Å². The number of fused-ring (bicyclic) bond motifs is 1. The van der Waals surface area contributed by atoms with E-state index >= 15 is 0 Å². The number of esters is 1. The average Bonchev–Trinajstić information content (AvgIpc) is 3.30. The van der Waals surface area contributed by atoms with E-state index in [0.29, 0.717) is 25.1 Å². The van der Waals surface area contributed by atoms with Gasteiger partial charge in [-0.25, -0.2) is 9.78 Å². The van der Waals surface area contributed by atoms with Gasteiger partial charge in [-0.05, 0) is 41.0 Å². The number of amides is 1. The van der Waals surface area contributed by atoms with Gasteiger partial charge < -0.3 is 9.64 Å². The summed E-state index contributed by atoms with van der Waals surface area (Å²) in [5.41, 5.74) is 4.90. The Morgan fingerprint density at radius 1 is 0.914 bits per heavy atom. The first-order chi connectivity index (χ1) is 17.1. The highest BCUT2D eigenvalue weighted by atomic mass is 32.1. The fourth-order valence-electron chi connectivity index (χ4n) is 4.43. The molecule has 1 saturated heterocycles. The highest BCUT2D eigenvalue weighted by Gasteiger charge is 2.22. The van der Waals surface area contributed by atoms with Crippen LogP contribution in [0, 0.1) is 0 Å². The molecule has 178 valence electrons. The monoisotopic (exact) mass is 485 g/mol. The third-order valence-electron chi connectivity index (χ3n) is 6.32. The Morgan fingerprint density at radius 2 is 1.71 bits per heavy atom. The summed E-state index contributed by atoms with van der Waals surface area (Å²) in [5.74, 6) is -0.201. The van der Waals surface area contributed by atoms with Crippen LogP contribution in [0.15, 0.2) is 72.8 Å². The van der Waals surface area contributed by atoms with E-state index in [2.05, 4.69) is 29.2 Å². The SMILES string of the molecule is COC(=O)c1cccc(CN2CCN(C(=O)Cc3nc4ccc(-c5ccccc5)cc4s3)CC2)c1. The molecule has 1 aromatic heterocycles. The molecule has 5 rings (SSSR count). The van der Waals surface area contributed by atoms with E-state index in [-0.39, 0.29) is 11.9 Å². The van der Waals surface area contributed by atoms with Crippen LogP contribution in [0.25, 0.3) is 21.3 Å². The van der Waals surface area contributed by atoms with Gasteiger partial charge in [0.15, 0.2) is 0 Å². The predicted octanol–water partition coefficient (Wildman–Crippen LogP) is 4.64. The second-order valence-corrected chi connectivity index (χ2v) is 9.80. The quantitative estimate of drug-likeness (QED) is 0.373. The average molecular weight is 486 g/mol. The highest BCUT2D eigenvalue weighted by molar-refractivity contribution is 7.18. The van der Waals surface area contributed by atoms with Gasteiger partial charge in [-0.1, -0.05) is 48.5 Å². The van der Waals surface area contributed by atoms with Crippen molar-refractivity contribution in [3.63, 3.8) is 0 Å². The Hall–Kier alpha value is -3.55. The summed E-state index contributed by atoms with van der Waals surface area (Å²) in [7, 11) is 1.39. The van der Waals surface area contributed by atoms with E-state index in [0.717, 1.165) is 46.0 Å². The molecule has 7 heteroatoms. The molecule has 6 nitrogen and oxygen atoms in total. The molecule has 1 amide bonds. The van der Waals surface area contributed by atoms with Gasteiger partial charge in [-0.15, -0.1) is 11.3 Å². The van der Waals surface area contributed by atoms with E-state index in [1.165, 1.54) is 12.7 Å². The van der Waals surface area contributed by atoms with Gasteiger partial charge in [0.1, 0.15) is 5.01 Å². The van der Waals surface area contributed by atoms with Crippen molar-refractivity contribution in [3.8, 4) is 11.1 Å². The molecule has 0 unspecified atom stereocenters. The van der Waals surface area contributed by atoms with E-state index in [1.807, 2.05) is 47.4 Å². The van der Waals surface area contributed by atoms with Gasteiger partial charge in [0.25, 0.3) is 0 Å². The molecule has 0 radical (unpaired) electrons. The topological polar surface area (TPSA) is 62.7 Å². The second-order valence-electron chi connectivity index (χ2n) is 8.68. The summed E-state index contributed by atoms with van der Waals surface area (Å²) >= 11 is 1.60. The van der Waals surface area contributed by atoms with E-state index in [1.54, 1.807) is 17.4 Å². The molecule has 0 atom stereocenters. The number of benzene rings is 3. The fourth-order valence-corrected chi connectivity index (χ4v) is 5.43. The first kappa shape index (κ1) is 23.2. The van der Waals surface area contributed by atoms with Crippen molar-refractivity contribution >= 4 is 33.4 Å². The third-order valence-corrected chi connectivity index (χ3v) is 7.34. The zero-order valence-corrected chi connectivity index (χ0v) is 20.5. The molecule has 0 bridgehead atoms. The van der Waals surface area contributed by atoms with Crippen LogP contribution in [0.3, 0.4) is 0 Å². The zero-order valence-electron chi connectivity index (χ0n) is 19.6. The number of aromatic nitrogens is 1. The smallest absolute Gasteiger partial charge is 0.337 e. The van der Waals surface area contributed by atoms with Gasteiger partial charge in [0, 0.05) is 32.7 Å². The van der Waals surface area contributed by atoms with Crippen molar-refractivity contribution in [3.05, 3.63) is 88.9 Å². The van der Waals surface area contributed by atoms with Crippen molar-refractivity contribution in [1.29, 1.82) is 0 Å². The van der Waals surface area contributed by atoms with Crippen LogP contribution in [0.5, 0.6) is 0 Å². The van der Waals surface area contributed by atoms with Gasteiger partial charge in [0.2, 0.25) is 5.91 Å². The Balaban J connectivity index is 1.17. The van der Waals surface area contributed by atoms with Crippen molar-refractivity contribution in [2.24, 2.45) is 0 Å². The van der Waals surface area contributed by atoms with Crippen LogP contribution in [0.2, 0.25) is 0 Å². The minimum absolute atomic E-state index is 0.125. The number of thiazole rings is 1. The summed E-state index contributed by atoms with van der Waals surface area (Å²) in [5, 5.41) is 0.859. The Bertz CT molecular complexity index is 1340. The fraction of sp³-hybridized carbons (Fsp3) is 0.250. The maximum absolute atomic E-state index is 13.0. The number of ether oxygens (including phenoxy) is 1. The van der Waals surface area contributed by atoms with Crippen LogP contribution >= 0.6 is 11.3 Å². The van der Waals surface area contributed by atoms with E-state index < -0.39 is 0 Å².